The van der Waals surface area contributed by atoms with Crippen LogP contribution >= 0.6 is 11.6 Å². The molecule has 0 saturated carbocycles. The van der Waals surface area contributed by atoms with Crippen LogP contribution in [0.2, 0.25) is 5.02 Å². The van der Waals surface area contributed by atoms with E-state index in [1.807, 2.05) is 12.1 Å². The Labute approximate surface area is 234 Å². The minimum absolute atomic E-state index is 0.00774. The number of ether oxygens (including phenoxy) is 2. The molecule has 1 saturated heterocycles. The second kappa shape index (κ2) is 11.8. The van der Waals surface area contributed by atoms with E-state index in [4.69, 9.17) is 21.1 Å². The summed E-state index contributed by atoms with van der Waals surface area (Å²) in [7, 11) is 0. The number of barbiturate groups is 1. The first-order valence-corrected chi connectivity index (χ1v) is 12.6. The minimum Gasteiger partial charge on any atom is -0.489 e. The smallest absolute Gasteiger partial charge is 0.335 e. The number of imide groups is 2. The van der Waals surface area contributed by atoms with Crippen molar-refractivity contribution in [1.82, 2.24) is 5.32 Å². The number of carbonyl (C=O) groups excluding carboxylic acids is 3. The van der Waals surface area contributed by atoms with Gasteiger partial charge in [-0.1, -0.05) is 54.1 Å². The second-order valence-electron chi connectivity index (χ2n) is 8.82. The molecule has 0 spiro atoms. The second-order valence-corrected chi connectivity index (χ2v) is 9.26. The fraction of sp³-hybridized carbons (Fsp3) is 0.0645. The highest BCUT2D eigenvalue weighted by atomic mass is 35.5. The Bertz CT molecular complexity index is 1600. The molecule has 1 N–H and O–H groups in total. The molecule has 40 heavy (non-hydrogen) atoms. The first-order valence-electron chi connectivity index (χ1n) is 12.2. The number of hydrogen-bond donors (Lipinski definition) is 1. The van der Waals surface area contributed by atoms with Gasteiger partial charge < -0.3 is 9.47 Å². The number of anilines is 1. The van der Waals surface area contributed by atoms with E-state index >= 15 is 0 Å². The van der Waals surface area contributed by atoms with Crippen LogP contribution < -0.4 is 19.7 Å². The van der Waals surface area contributed by atoms with Gasteiger partial charge in [-0.25, -0.2) is 14.1 Å². The van der Waals surface area contributed by atoms with Gasteiger partial charge in [-0.15, -0.1) is 0 Å². The zero-order valence-electron chi connectivity index (χ0n) is 21.0. The van der Waals surface area contributed by atoms with Gasteiger partial charge in [0.25, 0.3) is 11.8 Å². The molecule has 0 aliphatic carbocycles. The van der Waals surface area contributed by atoms with Gasteiger partial charge in [-0.3, -0.25) is 14.9 Å². The Morgan fingerprint density at radius 1 is 0.800 bits per heavy atom. The molecule has 1 heterocycles. The third kappa shape index (κ3) is 6.19. The van der Waals surface area contributed by atoms with Crippen molar-refractivity contribution in [3.05, 3.63) is 130 Å². The molecule has 9 heteroatoms. The maximum absolute atomic E-state index is 13.9. The zero-order chi connectivity index (χ0) is 28.1. The van der Waals surface area contributed by atoms with E-state index in [0.29, 0.717) is 34.3 Å². The van der Waals surface area contributed by atoms with E-state index < -0.39 is 17.8 Å². The van der Waals surface area contributed by atoms with Gasteiger partial charge in [0, 0.05) is 10.6 Å². The quantitative estimate of drug-likeness (QED) is 0.203. The van der Waals surface area contributed by atoms with E-state index in [1.54, 1.807) is 78.9 Å². The van der Waals surface area contributed by atoms with Crippen LogP contribution in [-0.4, -0.2) is 17.8 Å². The Morgan fingerprint density at radius 3 is 2.27 bits per heavy atom. The molecular formula is C31H22ClFN2O5. The normalized spacial score (nSPS) is 14.3. The molecule has 4 aromatic rings. The summed E-state index contributed by atoms with van der Waals surface area (Å²) in [5, 5.41) is 2.84. The van der Waals surface area contributed by atoms with Crippen LogP contribution in [0.5, 0.6) is 11.5 Å². The molecular weight excluding hydrogens is 535 g/mol. The number of amides is 4. The number of urea groups is 1. The number of rotatable bonds is 8. The van der Waals surface area contributed by atoms with Gasteiger partial charge in [0.05, 0.1) is 5.69 Å². The third-order valence-corrected chi connectivity index (χ3v) is 6.29. The van der Waals surface area contributed by atoms with Crippen molar-refractivity contribution in [2.24, 2.45) is 0 Å². The lowest BCUT2D eigenvalue weighted by Crippen LogP contribution is -2.54. The minimum atomic E-state index is -0.857. The maximum atomic E-state index is 13.9. The van der Waals surface area contributed by atoms with E-state index in [1.165, 1.54) is 12.1 Å². The molecule has 1 fully saturated rings. The first kappa shape index (κ1) is 26.6. The Hall–Kier alpha value is -4.95. The molecule has 0 unspecified atom stereocenters. The van der Waals surface area contributed by atoms with Gasteiger partial charge >= 0.3 is 6.03 Å². The van der Waals surface area contributed by atoms with E-state index in [9.17, 15) is 18.8 Å². The highest BCUT2D eigenvalue weighted by Gasteiger charge is 2.36. The lowest BCUT2D eigenvalue weighted by molar-refractivity contribution is -0.122. The van der Waals surface area contributed by atoms with Gasteiger partial charge in [0.15, 0.2) is 0 Å². The molecule has 0 aromatic heterocycles. The predicted octanol–water partition coefficient (Wildman–Crippen LogP) is 6.30. The number of nitrogens with one attached hydrogen (secondary N) is 1. The average Bonchev–Trinajstić information content (AvgIpc) is 2.95. The third-order valence-electron chi connectivity index (χ3n) is 6.04. The van der Waals surface area contributed by atoms with Crippen molar-refractivity contribution in [2.75, 3.05) is 4.90 Å². The Kier molecular flexibility index (Phi) is 7.89. The van der Waals surface area contributed by atoms with Crippen LogP contribution in [0.3, 0.4) is 0 Å². The SMILES string of the molecule is O=C1NC(=O)N(c2ccc(OCc3ccc(Cl)cc3)cc2)C(=O)/C1=C\c1cccc(OCc2ccccc2F)c1. The van der Waals surface area contributed by atoms with Crippen LogP contribution in [0, 0.1) is 5.82 Å². The molecule has 5 rings (SSSR count). The van der Waals surface area contributed by atoms with Gasteiger partial charge in [0.2, 0.25) is 0 Å². The molecule has 0 bridgehead atoms. The number of hydrogen-bond acceptors (Lipinski definition) is 5. The summed E-state index contributed by atoms with van der Waals surface area (Å²) >= 11 is 5.91. The van der Waals surface area contributed by atoms with Crippen LogP contribution in [0.15, 0.2) is 103 Å². The molecule has 0 atom stereocenters. The van der Waals surface area contributed by atoms with E-state index in [2.05, 4.69) is 5.32 Å². The Balaban J connectivity index is 1.30. The van der Waals surface area contributed by atoms with Gasteiger partial charge in [-0.05, 0) is 71.8 Å². The lowest BCUT2D eigenvalue weighted by atomic mass is 10.1. The summed E-state index contributed by atoms with van der Waals surface area (Å²) in [6, 6.07) is 25.7. The molecule has 4 aromatic carbocycles. The standard InChI is InChI=1S/C31H22ClFN2O5/c32-23-10-8-20(9-11-23)18-39-25-14-12-24(13-15-25)35-30(37)27(29(36)34-31(35)38)17-21-4-3-6-26(16-21)40-19-22-5-1-2-7-28(22)33/h1-17H,18-19H2,(H,34,36,38)/b27-17-. The van der Waals surface area contributed by atoms with Crippen molar-refractivity contribution in [3.63, 3.8) is 0 Å². The maximum Gasteiger partial charge on any atom is 0.335 e. The van der Waals surface area contributed by atoms with Crippen molar-refractivity contribution < 1.29 is 28.2 Å². The molecule has 7 nitrogen and oxygen atoms in total. The van der Waals surface area contributed by atoms with Crippen LogP contribution in [0.4, 0.5) is 14.9 Å². The van der Waals surface area contributed by atoms with Gasteiger partial charge in [0.1, 0.15) is 36.1 Å². The molecule has 4 amide bonds. The summed E-state index contributed by atoms with van der Waals surface area (Å²) in [4.78, 5) is 39.3. The van der Waals surface area contributed by atoms with Crippen LogP contribution in [-0.2, 0) is 22.8 Å². The topological polar surface area (TPSA) is 84.9 Å². The molecule has 1 aliphatic heterocycles. The number of carbonyl (C=O) groups is 3. The summed E-state index contributed by atoms with van der Waals surface area (Å²) in [5.41, 5.74) is 1.85. The highest BCUT2D eigenvalue weighted by Crippen LogP contribution is 2.26. The average molecular weight is 557 g/mol. The zero-order valence-corrected chi connectivity index (χ0v) is 21.7. The van der Waals surface area contributed by atoms with Crippen molar-refractivity contribution in [3.8, 4) is 11.5 Å². The summed E-state index contributed by atoms with van der Waals surface area (Å²) in [6.45, 7) is 0.317. The fourth-order valence-electron chi connectivity index (χ4n) is 3.97. The first-order chi connectivity index (χ1) is 19.4. The largest absolute Gasteiger partial charge is 0.489 e. The number of benzene rings is 4. The van der Waals surface area contributed by atoms with E-state index in [0.717, 1.165) is 10.5 Å². The van der Waals surface area contributed by atoms with Crippen molar-refractivity contribution >= 4 is 41.2 Å². The van der Waals surface area contributed by atoms with Crippen LogP contribution in [0.1, 0.15) is 16.7 Å². The monoisotopic (exact) mass is 556 g/mol. The number of halogens is 2. The fourth-order valence-corrected chi connectivity index (χ4v) is 4.09. The summed E-state index contributed by atoms with van der Waals surface area (Å²) < 4.78 is 25.4. The van der Waals surface area contributed by atoms with Crippen molar-refractivity contribution in [2.45, 2.75) is 13.2 Å². The Morgan fingerprint density at radius 2 is 1.52 bits per heavy atom. The summed E-state index contributed by atoms with van der Waals surface area (Å²) in [5.74, 6) is -1.02. The molecule has 1 aliphatic rings. The highest BCUT2D eigenvalue weighted by molar-refractivity contribution is 6.39. The molecule has 200 valence electrons. The summed E-state index contributed by atoms with van der Waals surface area (Å²) in [6.07, 6.45) is 1.37. The van der Waals surface area contributed by atoms with Gasteiger partial charge in [-0.2, -0.15) is 0 Å². The van der Waals surface area contributed by atoms with Crippen LogP contribution in [0.25, 0.3) is 6.08 Å². The number of nitrogens with zero attached hydrogens (tertiary/aromatic N) is 1. The van der Waals surface area contributed by atoms with E-state index in [-0.39, 0.29) is 23.7 Å². The predicted molar refractivity (Wildman–Crippen MR) is 148 cm³/mol. The lowest BCUT2D eigenvalue weighted by Gasteiger charge is -2.26. The van der Waals surface area contributed by atoms with Crippen molar-refractivity contribution in [1.29, 1.82) is 0 Å². The molecule has 0 radical (unpaired) electrons.